The summed E-state index contributed by atoms with van der Waals surface area (Å²) in [5.74, 6) is -3.12. The molecule has 1 atom stereocenters. The van der Waals surface area contributed by atoms with E-state index in [-0.39, 0.29) is 0 Å². The maximum absolute atomic E-state index is 12.6. The van der Waals surface area contributed by atoms with E-state index in [9.17, 15) is 23.5 Å². The number of hydrogen-bond acceptors (Lipinski definition) is 3. The number of carbonyl (C=O) groups excluding carboxylic acids is 1. The molecule has 0 spiro atoms. The first kappa shape index (κ1) is 13.9. The van der Waals surface area contributed by atoms with E-state index in [1.54, 1.807) is 0 Å². The van der Waals surface area contributed by atoms with Crippen LogP contribution in [0.1, 0.15) is 32.1 Å². The van der Waals surface area contributed by atoms with Gasteiger partial charge in [-0.25, -0.2) is 8.78 Å². The van der Waals surface area contributed by atoms with E-state index in [0.29, 0.717) is 12.8 Å². The van der Waals surface area contributed by atoms with Gasteiger partial charge in [0.15, 0.2) is 5.41 Å². The Morgan fingerprint density at radius 1 is 1.41 bits per heavy atom. The Morgan fingerprint density at radius 2 is 1.94 bits per heavy atom. The summed E-state index contributed by atoms with van der Waals surface area (Å²) in [6, 6.07) is 0. The lowest BCUT2D eigenvalue weighted by Gasteiger charge is -2.31. The molecular formula is C11H16F2O4. The molecule has 0 radical (unpaired) electrons. The normalized spacial score (nSPS) is 20.2. The Morgan fingerprint density at radius 3 is 2.29 bits per heavy atom. The lowest BCUT2D eigenvalue weighted by molar-refractivity contribution is -0.175. The van der Waals surface area contributed by atoms with Crippen LogP contribution in [0.15, 0.2) is 0 Å². The Bertz CT molecular complexity index is 300. The van der Waals surface area contributed by atoms with E-state index in [1.165, 1.54) is 0 Å². The van der Waals surface area contributed by atoms with Crippen molar-refractivity contribution in [2.45, 2.75) is 38.5 Å². The summed E-state index contributed by atoms with van der Waals surface area (Å²) in [6.45, 7) is 0. The highest BCUT2D eigenvalue weighted by Gasteiger charge is 2.55. The van der Waals surface area contributed by atoms with Crippen LogP contribution in [0.4, 0.5) is 8.78 Å². The van der Waals surface area contributed by atoms with Crippen molar-refractivity contribution in [2.24, 2.45) is 11.3 Å². The zero-order chi connectivity index (χ0) is 13.1. The van der Waals surface area contributed by atoms with Crippen LogP contribution in [-0.4, -0.2) is 30.6 Å². The Labute approximate surface area is 97.9 Å². The number of rotatable bonds is 5. The zero-order valence-corrected chi connectivity index (χ0v) is 9.62. The van der Waals surface area contributed by atoms with Gasteiger partial charge in [0, 0.05) is 6.42 Å². The summed E-state index contributed by atoms with van der Waals surface area (Å²) in [5.41, 5.74) is -2.08. The number of carboxylic acids is 1. The van der Waals surface area contributed by atoms with E-state index in [0.717, 1.165) is 20.0 Å². The lowest BCUT2D eigenvalue weighted by atomic mass is 9.72. The fraction of sp³-hybridized carbons (Fsp3) is 0.818. The highest BCUT2D eigenvalue weighted by atomic mass is 19.3. The molecule has 0 bridgehead atoms. The predicted octanol–water partition coefficient (Wildman–Crippen LogP) is 2.08. The van der Waals surface area contributed by atoms with Crippen LogP contribution in [0, 0.1) is 11.3 Å². The van der Waals surface area contributed by atoms with Crippen LogP contribution in [0.25, 0.3) is 0 Å². The van der Waals surface area contributed by atoms with Gasteiger partial charge in [0.2, 0.25) is 6.43 Å². The molecule has 1 rings (SSSR count). The van der Waals surface area contributed by atoms with Crippen molar-refractivity contribution in [3.63, 3.8) is 0 Å². The molecule has 1 aliphatic carbocycles. The molecule has 17 heavy (non-hydrogen) atoms. The molecule has 1 unspecified atom stereocenters. The number of hydrogen-bond donors (Lipinski definition) is 1. The second kappa shape index (κ2) is 5.42. The van der Waals surface area contributed by atoms with Gasteiger partial charge in [0.05, 0.1) is 7.11 Å². The second-order valence-corrected chi connectivity index (χ2v) is 4.34. The summed E-state index contributed by atoms with van der Waals surface area (Å²) < 4.78 is 29.6. The van der Waals surface area contributed by atoms with Crippen LogP contribution < -0.4 is 0 Å². The average Bonchev–Trinajstić information content (AvgIpc) is 2.77. The summed E-state index contributed by atoms with van der Waals surface area (Å²) in [7, 11) is 1.03. The second-order valence-electron chi connectivity index (χ2n) is 4.34. The molecule has 1 aliphatic rings. The topological polar surface area (TPSA) is 63.6 Å². The molecule has 1 fully saturated rings. The minimum absolute atomic E-state index is 0.480. The third-order valence-corrected chi connectivity index (χ3v) is 3.46. The quantitative estimate of drug-likeness (QED) is 0.599. The third-order valence-electron chi connectivity index (χ3n) is 3.46. The number of methoxy groups -OCH3 is 1. The summed E-state index contributed by atoms with van der Waals surface area (Å²) in [6.07, 6.45) is -1.33. The first-order valence-corrected chi connectivity index (χ1v) is 5.55. The molecule has 98 valence electrons. The van der Waals surface area contributed by atoms with Gasteiger partial charge in [-0.2, -0.15) is 0 Å². The number of ether oxygens (including phenoxy) is 1. The molecular weight excluding hydrogens is 234 g/mol. The van der Waals surface area contributed by atoms with E-state index in [4.69, 9.17) is 0 Å². The van der Waals surface area contributed by atoms with Crippen LogP contribution in [0.5, 0.6) is 0 Å². The van der Waals surface area contributed by atoms with Crippen LogP contribution in [0.2, 0.25) is 0 Å². The van der Waals surface area contributed by atoms with E-state index >= 15 is 0 Å². The molecule has 6 heteroatoms. The van der Waals surface area contributed by atoms with Crippen LogP contribution >= 0.6 is 0 Å². The van der Waals surface area contributed by atoms with Gasteiger partial charge in [-0.3, -0.25) is 9.59 Å². The van der Waals surface area contributed by atoms with E-state index in [1.807, 2.05) is 0 Å². The van der Waals surface area contributed by atoms with E-state index < -0.39 is 36.1 Å². The lowest BCUT2D eigenvalue weighted by Crippen LogP contribution is -2.47. The molecule has 0 saturated heterocycles. The van der Waals surface area contributed by atoms with Gasteiger partial charge in [-0.05, 0) is 18.8 Å². The largest absolute Gasteiger partial charge is 0.480 e. The fourth-order valence-corrected chi connectivity index (χ4v) is 2.61. The van der Waals surface area contributed by atoms with Crippen LogP contribution in [-0.2, 0) is 14.3 Å². The highest BCUT2D eigenvalue weighted by molar-refractivity contribution is 5.99. The maximum Gasteiger partial charge on any atom is 0.323 e. The summed E-state index contributed by atoms with van der Waals surface area (Å²) >= 11 is 0. The molecule has 0 heterocycles. The van der Waals surface area contributed by atoms with Crippen molar-refractivity contribution in [1.29, 1.82) is 0 Å². The molecule has 0 amide bonds. The van der Waals surface area contributed by atoms with E-state index in [2.05, 4.69) is 4.74 Å². The predicted molar refractivity (Wildman–Crippen MR) is 54.7 cm³/mol. The Balaban J connectivity index is 3.09. The van der Waals surface area contributed by atoms with Crippen molar-refractivity contribution >= 4 is 11.9 Å². The van der Waals surface area contributed by atoms with Gasteiger partial charge in [0.1, 0.15) is 0 Å². The van der Waals surface area contributed by atoms with Crippen molar-refractivity contribution < 1.29 is 28.2 Å². The SMILES string of the molecule is COC(=O)C(CC(F)F)(C(=O)O)C1CCCC1. The number of alkyl halides is 2. The smallest absolute Gasteiger partial charge is 0.323 e. The molecule has 0 aliphatic heterocycles. The first-order chi connectivity index (χ1) is 7.95. The molecule has 4 nitrogen and oxygen atoms in total. The molecule has 0 aromatic rings. The number of esters is 1. The maximum atomic E-state index is 12.6. The van der Waals surface area contributed by atoms with Gasteiger partial charge in [-0.1, -0.05) is 12.8 Å². The van der Waals surface area contributed by atoms with Gasteiger partial charge < -0.3 is 9.84 Å². The Hall–Kier alpha value is -1.20. The number of carbonyl (C=O) groups is 2. The van der Waals surface area contributed by atoms with Gasteiger partial charge >= 0.3 is 11.9 Å². The standard InChI is InChI=1S/C11H16F2O4/c1-17-10(16)11(9(14)15,6-8(12)13)7-4-2-3-5-7/h7-8H,2-6H2,1H3,(H,14,15). The van der Waals surface area contributed by atoms with Crippen molar-refractivity contribution in [1.82, 2.24) is 0 Å². The van der Waals surface area contributed by atoms with Crippen molar-refractivity contribution in [3.8, 4) is 0 Å². The highest BCUT2D eigenvalue weighted by Crippen LogP contribution is 2.45. The number of carboxylic acid groups (broad SMARTS) is 1. The van der Waals surface area contributed by atoms with Gasteiger partial charge in [-0.15, -0.1) is 0 Å². The molecule has 0 aromatic heterocycles. The minimum Gasteiger partial charge on any atom is -0.480 e. The number of halogens is 2. The monoisotopic (exact) mass is 250 g/mol. The first-order valence-electron chi connectivity index (χ1n) is 5.55. The third kappa shape index (κ3) is 2.56. The molecule has 1 N–H and O–H groups in total. The Kier molecular flexibility index (Phi) is 4.42. The van der Waals surface area contributed by atoms with Gasteiger partial charge in [0.25, 0.3) is 0 Å². The molecule has 1 saturated carbocycles. The van der Waals surface area contributed by atoms with Crippen molar-refractivity contribution in [3.05, 3.63) is 0 Å². The summed E-state index contributed by atoms with van der Waals surface area (Å²) in [4.78, 5) is 23.0. The fourth-order valence-electron chi connectivity index (χ4n) is 2.61. The zero-order valence-electron chi connectivity index (χ0n) is 9.62. The molecule has 0 aromatic carbocycles. The van der Waals surface area contributed by atoms with Crippen LogP contribution in [0.3, 0.4) is 0 Å². The number of aliphatic carboxylic acids is 1. The van der Waals surface area contributed by atoms with Crippen molar-refractivity contribution in [2.75, 3.05) is 7.11 Å². The average molecular weight is 250 g/mol. The minimum atomic E-state index is -2.84. The summed E-state index contributed by atoms with van der Waals surface area (Å²) in [5, 5.41) is 9.20.